The molecule has 1 aliphatic rings. The molecule has 1 atom stereocenters. The van der Waals surface area contributed by atoms with E-state index in [1.165, 1.54) is 18.2 Å². The van der Waals surface area contributed by atoms with Crippen LogP contribution in [0.1, 0.15) is 24.8 Å². The van der Waals surface area contributed by atoms with Crippen LogP contribution < -0.4 is 31.0 Å². The lowest BCUT2D eigenvalue weighted by Gasteiger charge is -2.24. The zero-order chi connectivity index (χ0) is 25.8. The summed E-state index contributed by atoms with van der Waals surface area (Å²) in [6.45, 7) is 1.89. The number of hydrogen-bond donors (Lipinski definition) is 4. The number of ether oxygens (including phenoxy) is 2. The molecule has 0 radical (unpaired) electrons. The number of non-ortho nitro benzene ring substituents is 1. The van der Waals surface area contributed by atoms with Gasteiger partial charge in [-0.05, 0) is 37.3 Å². The van der Waals surface area contributed by atoms with Crippen molar-refractivity contribution in [3.05, 3.63) is 68.5 Å². The zero-order valence-corrected chi connectivity index (χ0v) is 19.3. The smallest absolute Gasteiger partial charge is 0.273 e. The van der Waals surface area contributed by atoms with Gasteiger partial charge >= 0.3 is 0 Å². The van der Waals surface area contributed by atoms with Crippen molar-refractivity contribution in [2.24, 2.45) is 0 Å². The molecule has 13 heteroatoms. The summed E-state index contributed by atoms with van der Waals surface area (Å²) in [5.74, 6) is -1.54. The lowest BCUT2D eigenvalue weighted by molar-refractivity contribution is -0.384. The molecule has 0 spiro atoms. The average Bonchev–Trinajstić information content (AvgIpc) is 2.84. The molecule has 0 saturated heterocycles. The first-order chi connectivity index (χ1) is 17.3. The topological polar surface area (TPSA) is 178 Å². The molecule has 0 fully saturated rings. The van der Waals surface area contributed by atoms with Gasteiger partial charge in [-0.15, -0.1) is 0 Å². The van der Waals surface area contributed by atoms with Gasteiger partial charge in [0.15, 0.2) is 0 Å². The van der Waals surface area contributed by atoms with Crippen molar-refractivity contribution in [1.82, 2.24) is 9.97 Å². The molecule has 4 rings (SSSR count). The molecule has 1 aliphatic heterocycles. The van der Waals surface area contributed by atoms with E-state index < -0.39 is 28.2 Å². The number of H-pyrrole nitrogens is 1. The molecule has 36 heavy (non-hydrogen) atoms. The molecule has 0 bridgehead atoms. The van der Waals surface area contributed by atoms with E-state index in [9.17, 15) is 24.5 Å². The predicted octanol–water partition coefficient (Wildman–Crippen LogP) is 2.89. The van der Waals surface area contributed by atoms with E-state index in [0.717, 1.165) is 0 Å². The van der Waals surface area contributed by atoms with Crippen molar-refractivity contribution >= 4 is 40.6 Å². The molecule has 3 aromatic rings. The number of hydrogen-bond acceptors (Lipinski definition) is 9. The van der Waals surface area contributed by atoms with E-state index in [1.807, 2.05) is 0 Å². The summed E-state index contributed by atoms with van der Waals surface area (Å²) in [5.41, 5.74) is -0.0485. The molecular formula is C23H22N6O7. The van der Waals surface area contributed by atoms with E-state index in [2.05, 4.69) is 25.9 Å². The Morgan fingerprint density at radius 3 is 2.64 bits per heavy atom. The molecule has 2 amide bonds. The van der Waals surface area contributed by atoms with Gasteiger partial charge in [-0.3, -0.25) is 29.5 Å². The molecule has 0 aliphatic carbocycles. The Bertz CT molecular complexity index is 1390. The van der Waals surface area contributed by atoms with Crippen LogP contribution in [0.25, 0.3) is 0 Å². The normalized spacial score (nSPS) is 14.3. The molecular weight excluding hydrogens is 472 g/mol. The third-order valence-corrected chi connectivity index (χ3v) is 5.35. The van der Waals surface area contributed by atoms with E-state index in [0.29, 0.717) is 11.4 Å². The first kappa shape index (κ1) is 24.2. The highest BCUT2D eigenvalue weighted by Gasteiger charge is 2.35. The number of aromatic amines is 1. The summed E-state index contributed by atoms with van der Waals surface area (Å²) in [4.78, 5) is 55.8. The maximum absolute atomic E-state index is 13.2. The monoisotopic (exact) mass is 494 g/mol. The fourth-order valence-corrected chi connectivity index (χ4v) is 3.69. The Morgan fingerprint density at radius 1 is 1.22 bits per heavy atom. The third-order valence-electron chi connectivity index (χ3n) is 5.35. The Kier molecular flexibility index (Phi) is 6.81. The Morgan fingerprint density at radius 2 is 1.97 bits per heavy atom. The number of nitro groups is 1. The van der Waals surface area contributed by atoms with Crippen LogP contribution >= 0.6 is 0 Å². The van der Waals surface area contributed by atoms with Crippen molar-refractivity contribution in [3.63, 3.8) is 0 Å². The largest absolute Gasteiger partial charge is 0.497 e. The minimum absolute atomic E-state index is 0.00717. The van der Waals surface area contributed by atoms with Crippen molar-refractivity contribution in [2.45, 2.75) is 19.3 Å². The quantitative estimate of drug-likeness (QED) is 0.271. The number of anilines is 4. The van der Waals surface area contributed by atoms with Crippen molar-refractivity contribution in [3.8, 4) is 11.5 Å². The highest BCUT2D eigenvalue weighted by Crippen LogP contribution is 2.33. The molecule has 186 valence electrons. The molecule has 2 aromatic carbocycles. The van der Waals surface area contributed by atoms with Crippen LogP contribution in [-0.2, 0) is 9.59 Å². The average molecular weight is 494 g/mol. The van der Waals surface area contributed by atoms with Crippen LogP contribution in [0.2, 0.25) is 0 Å². The predicted molar refractivity (Wildman–Crippen MR) is 130 cm³/mol. The summed E-state index contributed by atoms with van der Waals surface area (Å²) in [5, 5.41) is 19.2. The second-order valence-electron chi connectivity index (χ2n) is 7.70. The van der Waals surface area contributed by atoms with Gasteiger partial charge in [0.1, 0.15) is 17.3 Å². The Hall–Kier alpha value is -4.94. The van der Waals surface area contributed by atoms with Gasteiger partial charge < -0.3 is 25.4 Å². The zero-order valence-electron chi connectivity index (χ0n) is 19.3. The third kappa shape index (κ3) is 5.09. The van der Waals surface area contributed by atoms with E-state index >= 15 is 0 Å². The van der Waals surface area contributed by atoms with Crippen LogP contribution in [0, 0.1) is 10.1 Å². The fraction of sp³-hybridized carbons (Fsp3) is 0.217. The van der Waals surface area contributed by atoms with Crippen LogP contribution in [0.15, 0.2) is 47.3 Å². The lowest BCUT2D eigenvalue weighted by atomic mass is 9.92. The number of aromatic nitrogens is 2. The second kappa shape index (κ2) is 10.1. The summed E-state index contributed by atoms with van der Waals surface area (Å²) < 4.78 is 10.5. The molecule has 13 nitrogen and oxygen atoms in total. The van der Waals surface area contributed by atoms with Crippen LogP contribution in [0.5, 0.6) is 11.5 Å². The highest BCUT2D eigenvalue weighted by molar-refractivity contribution is 6.05. The minimum Gasteiger partial charge on any atom is -0.497 e. The number of benzene rings is 2. The van der Waals surface area contributed by atoms with Gasteiger partial charge in [-0.2, -0.15) is 4.98 Å². The van der Waals surface area contributed by atoms with Gasteiger partial charge in [0.05, 0.1) is 41.9 Å². The van der Waals surface area contributed by atoms with Crippen LogP contribution in [-0.4, -0.2) is 40.4 Å². The first-order valence-corrected chi connectivity index (χ1v) is 10.9. The van der Waals surface area contributed by atoms with E-state index in [1.54, 1.807) is 38.3 Å². The van der Waals surface area contributed by atoms with E-state index in [4.69, 9.17) is 9.47 Å². The molecule has 1 aromatic heterocycles. The number of nitrogens with zero attached hydrogens (tertiary/aromatic N) is 2. The maximum Gasteiger partial charge on any atom is 0.273 e. The summed E-state index contributed by atoms with van der Waals surface area (Å²) in [6.07, 6.45) is -0.286. The van der Waals surface area contributed by atoms with Gasteiger partial charge in [-0.1, -0.05) is 0 Å². The number of rotatable bonds is 8. The summed E-state index contributed by atoms with van der Waals surface area (Å²) in [7, 11) is 1.54. The lowest BCUT2D eigenvalue weighted by Crippen LogP contribution is -2.36. The summed E-state index contributed by atoms with van der Waals surface area (Å²) in [6, 6.07) is 10.6. The molecule has 4 N–H and O–H groups in total. The maximum atomic E-state index is 13.2. The number of nitro benzene ring substituents is 1. The standard InChI is InChI=1S/C23H22N6O7/c1-3-36-17-10-13(29(33)34)6-9-16(17)25-21(31)15-11-18(30)26-20-19(15)22(32)28-23(27-20)24-12-4-7-14(35-2)8-5-12/h4-10,15H,3,11H2,1-2H3,(H,25,31)(H3,24,26,27,28,30,32)/t15-/m1/s1. The summed E-state index contributed by atoms with van der Waals surface area (Å²) >= 11 is 0. The molecule has 0 saturated carbocycles. The number of amides is 2. The number of nitrogens with one attached hydrogen (secondary N) is 4. The number of methoxy groups -OCH3 is 1. The van der Waals surface area contributed by atoms with Gasteiger partial charge in [0.2, 0.25) is 17.8 Å². The SMILES string of the molecule is CCOc1cc([N+](=O)[O-])ccc1NC(=O)[C@@H]1CC(=O)Nc2nc(Nc3ccc(OC)cc3)[nH]c(=O)c21. The number of fused-ring (bicyclic) bond motifs is 1. The van der Waals surface area contributed by atoms with Gasteiger partial charge in [0.25, 0.3) is 11.2 Å². The van der Waals surface area contributed by atoms with Crippen molar-refractivity contribution < 1.29 is 24.0 Å². The Balaban J connectivity index is 1.62. The highest BCUT2D eigenvalue weighted by atomic mass is 16.6. The molecule has 2 heterocycles. The van der Waals surface area contributed by atoms with Gasteiger partial charge in [-0.25, -0.2) is 0 Å². The van der Waals surface area contributed by atoms with Crippen molar-refractivity contribution in [1.29, 1.82) is 0 Å². The number of carbonyl (C=O) groups excluding carboxylic acids is 2. The second-order valence-corrected chi connectivity index (χ2v) is 7.70. The Labute approximate surface area is 204 Å². The van der Waals surface area contributed by atoms with E-state index in [-0.39, 0.29) is 47.5 Å². The first-order valence-electron chi connectivity index (χ1n) is 10.9. The number of carbonyl (C=O) groups is 2. The minimum atomic E-state index is -1.15. The van der Waals surface area contributed by atoms with Crippen molar-refractivity contribution in [2.75, 3.05) is 29.7 Å². The fourth-order valence-electron chi connectivity index (χ4n) is 3.69. The van der Waals surface area contributed by atoms with Gasteiger partial charge in [0, 0.05) is 18.2 Å². The van der Waals surface area contributed by atoms with Crippen LogP contribution in [0.4, 0.5) is 28.8 Å². The van der Waals surface area contributed by atoms with Crippen LogP contribution in [0.3, 0.4) is 0 Å². The molecule has 0 unspecified atom stereocenters.